The number of carbonyl (C=O) groups excluding carboxylic acids is 2. The fourth-order valence-corrected chi connectivity index (χ4v) is 6.05. The van der Waals surface area contributed by atoms with Crippen molar-refractivity contribution in [3.05, 3.63) is 54.1 Å². The molecule has 1 atom stereocenters. The topological polar surface area (TPSA) is 59.1 Å². The number of esters is 1. The lowest BCUT2D eigenvalue weighted by Gasteiger charge is -2.41. The number of hydrogen-bond acceptors (Lipinski definition) is 6. The molecule has 0 saturated carbocycles. The number of piperidine rings is 1. The molecular formula is C26H32N2O4S. The summed E-state index contributed by atoms with van der Waals surface area (Å²) in [5, 5.41) is 0. The molecule has 7 heteroatoms. The fourth-order valence-electron chi connectivity index (χ4n) is 4.67. The monoisotopic (exact) mass is 468 g/mol. The molecule has 1 amide bonds. The van der Waals surface area contributed by atoms with Crippen LogP contribution in [0.4, 0.5) is 5.69 Å². The molecule has 1 unspecified atom stereocenters. The van der Waals surface area contributed by atoms with E-state index in [9.17, 15) is 9.59 Å². The molecule has 2 heterocycles. The van der Waals surface area contributed by atoms with E-state index in [1.807, 2.05) is 53.4 Å². The molecule has 0 radical (unpaired) electrons. The Balaban J connectivity index is 1.62. The molecule has 0 bridgehead atoms. The van der Waals surface area contributed by atoms with Gasteiger partial charge in [-0.1, -0.05) is 42.4 Å². The van der Waals surface area contributed by atoms with Crippen molar-refractivity contribution in [2.24, 2.45) is 0 Å². The molecule has 4 rings (SSSR count). The van der Waals surface area contributed by atoms with Gasteiger partial charge in [-0.15, -0.1) is 0 Å². The first-order valence-electron chi connectivity index (χ1n) is 11.6. The Morgan fingerprint density at radius 1 is 1.03 bits per heavy atom. The molecule has 1 saturated heterocycles. The van der Waals surface area contributed by atoms with Crippen LogP contribution in [0.25, 0.3) is 0 Å². The zero-order valence-corrected chi connectivity index (χ0v) is 20.2. The van der Waals surface area contributed by atoms with Gasteiger partial charge in [0.2, 0.25) is 0 Å². The van der Waals surface area contributed by atoms with Gasteiger partial charge < -0.3 is 19.3 Å². The van der Waals surface area contributed by atoms with Gasteiger partial charge in [-0.2, -0.15) is 0 Å². The van der Waals surface area contributed by atoms with Crippen molar-refractivity contribution >= 4 is 29.3 Å². The predicted octanol–water partition coefficient (Wildman–Crippen LogP) is 4.16. The van der Waals surface area contributed by atoms with E-state index in [0.29, 0.717) is 19.4 Å². The number of likely N-dealkylation sites (tertiary alicyclic amines) is 1. The summed E-state index contributed by atoms with van der Waals surface area (Å²) in [4.78, 5) is 32.3. The number of rotatable bonds is 8. The van der Waals surface area contributed by atoms with E-state index in [0.717, 1.165) is 41.5 Å². The van der Waals surface area contributed by atoms with E-state index in [1.54, 1.807) is 7.11 Å². The van der Waals surface area contributed by atoms with Crippen LogP contribution in [0, 0.1) is 0 Å². The average molecular weight is 469 g/mol. The molecule has 176 valence electrons. The Morgan fingerprint density at radius 3 is 2.58 bits per heavy atom. The summed E-state index contributed by atoms with van der Waals surface area (Å²) in [6.45, 7) is 3.50. The van der Waals surface area contributed by atoms with Gasteiger partial charge in [-0.05, 0) is 68.6 Å². The van der Waals surface area contributed by atoms with E-state index in [4.69, 9.17) is 9.47 Å². The van der Waals surface area contributed by atoms with Crippen LogP contribution < -0.4 is 9.64 Å². The lowest BCUT2D eigenvalue weighted by Crippen LogP contribution is -2.56. The summed E-state index contributed by atoms with van der Waals surface area (Å²) in [7, 11) is 2.99. The van der Waals surface area contributed by atoms with Crippen molar-refractivity contribution < 1.29 is 19.1 Å². The summed E-state index contributed by atoms with van der Waals surface area (Å²) < 4.78 is 9.24. The highest BCUT2D eigenvalue weighted by atomic mass is 32.2. The van der Waals surface area contributed by atoms with Gasteiger partial charge in [0.05, 0.1) is 19.9 Å². The molecule has 0 aliphatic carbocycles. The van der Waals surface area contributed by atoms with E-state index < -0.39 is 10.7 Å². The minimum absolute atomic E-state index is 0.182. The average Bonchev–Trinajstić information content (AvgIpc) is 2.87. The van der Waals surface area contributed by atoms with Crippen LogP contribution in [0.5, 0.6) is 5.75 Å². The number of amides is 1. The molecule has 2 aromatic carbocycles. The van der Waals surface area contributed by atoms with Crippen LogP contribution in [0.2, 0.25) is 0 Å². The van der Waals surface area contributed by atoms with Crippen LogP contribution in [0.1, 0.15) is 31.2 Å². The summed E-state index contributed by atoms with van der Waals surface area (Å²) in [6.07, 6.45) is 4.59. The number of thioether (sulfide) groups is 1. The van der Waals surface area contributed by atoms with E-state index >= 15 is 0 Å². The molecule has 0 N–H and O–H groups in total. The first-order chi connectivity index (χ1) is 16.1. The molecule has 2 aliphatic rings. The molecular weight excluding hydrogens is 436 g/mol. The fraction of sp³-hybridized carbons (Fsp3) is 0.462. The highest BCUT2D eigenvalue weighted by Gasteiger charge is 2.53. The lowest BCUT2D eigenvalue weighted by molar-refractivity contribution is -0.147. The summed E-state index contributed by atoms with van der Waals surface area (Å²) in [5.74, 6) is 0.0894. The molecule has 33 heavy (non-hydrogen) atoms. The number of benzene rings is 2. The molecule has 2 aliphatic heterocycles. The summed E-state index contributed by atoms with van der Waals surface area (Å²) in [5.41, 5.74) is 1.90. The van der Waals surface area contributed by atoms with Crippen LogP contribution in [0.15, 0.2) is 53.4 Å². The number of para-hydroxylation sites is 1. The third-order valence-electron chi connectivity index (χ3n) is 6.53. The van der Waals surface area contributed by atoms with Crippen molar-refractivity contribution in [1.82, 2.24) is 4.90 Å². The number of anilines is 1. The number of carbonyl (C=O) groups is 2. The Kier molecular flexibility index (Phi) is 7.60. The molecule has 1 fully saturated rings. The minimum atomic E-state index is -1.31. The Morgan fingerprint density at radius 2 is 1.82 bits per heavy atom. The van der Waals surface area contributed by atoms with Crippen molar-refractivity contribution in [2.45, 2.75) is 41.7 Å². The van der Waals surface area contributed by atoms with Gasteiger partial charge in [0, 0.05) is 18.0 Å². The second-order valence-corrected chi connectivity index (χ2v) is 9.94. The lowest BCUT2D eigenvalue weighted by atomic mass is 9.96. The van der Waals surface area contributed by atoms with E-state index in [2.05, 4.69) is 4.90 Å². The largest absolute Gasteiger partial charge is 0.497 e. The maximum Gasteiger partial charge on any atom is 0.332 e. The number of fused-ring (bicyclic) bond motifs is 1. The first-order valence-corrected chi connectivity index (χ1v) is 12.4. The number of hydrogen-bond donors (Lipinski definition) is 0. The second-order valence-electron chi connectivity index (χ2n) is 8.60. The molecule has 6 nitrogen and oxygen atoms in total. The van der Waals surface area contributed by atoms with Crippen LogP contribution in [-0.4, -0.2) is 61.9 Å². The van der Waals surface area contributed by atoms with Gasteiger partial charge in [0.25, 0.3) is 5.91 Å². The number of aryl methyl sites for hydroxylation is 1. The standard InChI is InChI=1S/C26H32N2O4S/c1-31-21-10-8-9-20(19-21)13-14-26(25(30)32-2)24(29)28(18-17-27-15-6-3-7-16-27)22-11-4-5-12-23(22)33-26/h4-5,8-12,19H,3,6-7,13-18H2,1-2H3. The number of nitrogens with zero attached hydrogens (tertiary/aromatic N) is 2. The van der Waals surface area contributed by atoms with Gasteiger partial charge in [-0.3, -0.25) is 4.79 Å². The van der Waals surface area contributed by atoms with Crippen molar-refractivity contribution in [1.29, 1.82) is 0 Å². The van der Waals surface area contributed by atoms with Gasteiger partial charge in [0.1, 0.15) is 5.75 Å². The molecule has 0 spiro atoms. The third kappa shape index (κ3) is 5.04. The SMILES string of the molecule is COC(=O)C1(CCc2cccc(OC)c2)Sc2ccccc2N(CCN2CCCCC2)C1=O. The minimum Gasteiger partial charge on any atom is -0.497 e. The highest BCUT2D eigenvalue weighted by molar-refractivity contribution is 8.02. The maximum atomic E-state index is 14.0. The zero-order chi connectivity index (χ0) is 23.3. The molecule has 2 aromatic rings. The maximum absolute atomic E-state index is 14.0. The number of methoxy groups -OCH3 is 2. The Hall–Kier alpha value is -2.51. The normalized spacial score (nSPS) is 20.9. The van der Waals surface area contributed by atoms with E-state index in [1.165, 1.54) is 38.1 Å². The van der Waals surface area contributed by atoms with Crippen LogP contribution in [0.3, 0.4) is 0 Å². The molecule has 0 aromatic heterocycles. The predicted molar refractivity (Wildman–Crippen MR) is 131 cm³/mol. The smallest absolute Gasteiger partial charge is 0.332 e. The first kappa shape index (κ1) is 23.6. The Labute approximate surface area is 200 Å². The van der Waals surface area contributed by atoms with Crippen molar-refractivity contribution in [3.8, 4) is 5.75 Å². The van der Waals surface area contributed by atoms with Gasteiger partial charge in [0.15, 0.2) is 4.75 Å². The Bertz CT molecular complexity index is 992. The number of ether oxygens (including phenoxy) is 2. The summed E-state index contributed by atoms with van der Waals surface area (Å²) >= 11 is 1.33. The highest BCUT2D eigenvalue weighted by Crippen LogP contribution is 2.48. The van der Waals surface area contributed by atoms with Crippen LogP contribution in [-0.2, 0) is 20.7 Å². The van der Waals surface area contributed by atoms with Gasteiger partial charge in [-0.25, -0.2) is 4.79 Å². The van der Waals surface area contributed by atoms with Crippen LogP contribution >= 0.6 is 11.8 Å². The summed E-state index contributed by atoms with van der Waals surface area (Å²) in [6, 6.07) is 15.6. The second kappa shape index (κ2) is 10.6. The van der Waals surface area contributed by atoms with E-state index in [-0.39, 0.29) is 5.91 Å². The van der Waals surface area contributed by atoms with Crippen molar-refractivity contribution in [2.75, 3.05) is 45.3 Å². The quantitative estimate of drug-likeness (QED) is 0.428. The van der Waals surface area contributed by atoms with Crippen molar-refractivity contribution in [3.63, 3.8) is 0 Å². The van der Waals surface area contributed by atoms with Gasteiger partial charge >= 0.3 is 5.97 Å². The third-order valence-corrected chi connectivity index (χ3v) is 7.99. The zero-order valence-electron chi connectivity index (χ0n) is 19.4.